The van der Waals surface area contributed by atoms with E-state index in [4.69, 9.17) is 27.9 Å². The number of nitrogens with one attached hydrogen (secondary N) is 1. The molecule has 20 heavy (non-hydrogen) atoms. The third-order valence-electron chi connectivity index (χ3n) is 3.74. The molecular formula is C16H25Cl2NO. The zero-order valence-electron chi connectivity index (χ0n) is 12.8. The number of benzene rings is 1. The molecule has 114 valence electrons. The number of hydrogen-bond acceptors (Lipinski definition) is 2. The standard InChI is InChI=1S/C16H25Cl2NO/c1-5-8-19-16(11(6-2)7-3)12-9-14(18)15(20-4)10-13(12)17/h9-11,16,19H,5-8H2,1-4H3. The van der Waals surface area contributed by atoms with Gasteiger partial charge in [0.1, 0.15) is 5.75 Å². The summed E-state index contributed by atoms with van der Waals surface area (Å²) in [5.41, 5.74) is 1.07. The van der Waals surface area contributed by atoms with Gasteiger partial charge >= 0.3 is 0 Å². The van der Waals surface area contributed by atoms with Gasteiger partial charge in [0.25, 0.3) is 0 Å². The highest BCUT2D eigenvalue weighted by atomic mass is 35.5. The minimum Gasteiger partial charge on any atom is -0.495 e. The van der Waals surface area contributed by atoms with Crippen LogP contribution in [0, 0.1) is 5.92 Å². The molecule has 0 saturated carbocycles. The highest BCUT2D eigenvalue weighted by Crippen LogP contribution is 2.37. The van der Waals surface area contributed by atoms with E-state index in [2.05, 4.69) is 26.1 Å². The van der Waals surface area contributed by atoms with Crippen molar-refractivity contribution in [2.24, 2.45) is 5.92 Å². The number of methoxy groups -OCH3 is 1. The van der Waals surface area contributed by atoms with Crippen molar-refractivity contribution in [3.63, 3.8) is 0 Å². The minimum absolute atomic E-state index is 0.237. The molecule has 0 aromatic heterocycles. The van der Waals surface area contributed by atoms with Crippen molar-refractivity contribution in [2.45, 2.75) is 46.1 Å². The SMILES string of the molecule is CCCNC(c1cc(Cl)c(OC)cc1Cl)C(CC)CC. The van der Waals surface area contributed by atoms with Crippen molar-refractivity contribution in [3.8, 4) is 5.75 Å². The summed E-state index contributed by atoms with van der Waals surface area (Å²) in [7, 11) is 1.60. The first-order valence-electron chi connectivity index (χ1n) is 7.35. The first-order valence-corrected chi connectivity index (χ1v) is 8.10. The lowest BCUT2D eigenvalue weighted by atomic mass is 9.88. The fourth-order valence-electron chi connectivity index (χ4n) is 2.53. The van der Waals surface area contributed by atoms with Crippen molar-refractivity contribution < 1.29 is 4.74 Å². The lowest BCUT2D eigenvalue weighted by Crippen LogP contribution is -2.29. The maximum Gasteiger partial charge on any atom is 0.138 e. The van der Waals surface area contributed by atoms with Gasteiger partial charge in [-0.25, -0.2) is 0 Å². The molecular weight excluding hydrogens is 293 g/mol. The Balaban J connectivity index is 3.15. The maximum atomic E-state index is 6.43. The predicted octanol–water partition coefficient (Wildman–Crippen LogP) is 5.48. The fraction of sp³-hybridized carbons (Fsp3) is 0.625. The van der Waals surface area contributed by atoms with Crippen LogP contribution in [0.4, 0.5) is 0 Å². The molecule has 0 radical (unpaired) electrons. The third kappa shape index (κ3) is 4.28. The van der Waals surface area contributed by atoms with Gasteiger partial charge in [-0.05, 0) is 30.5 Å². The Hall–Kier alpha value is -0.440. The van der Waals surface area contributed by atoms with Gasteiger partial charge in [-0.2, -0.15) is 0 Å². The van der Waals surface area contributed by atoms with Crippen LogP contribution in [0.25, 0.3) is 0 Å². The second kappa shape index (κ2) is 8.76. The molecule has 0 fully saturated rings. The molecule has 1 N–H and O–H groups in total. The number of rotatable bonds is 8. The summed E-state index contributed by atoms with van der Waals surface area (Å²) < 4.78 is 5.22. The summed E-state index contributed by atoms with van der Waals surface area (Å²) in [6, 6.07) is 3.98. The van der Waals surface area contributed by atoms with E-state index >= 15 is 0 Å². The smallest absolute Gasteiger partial charge is 0.138 e. The molecule has 4 heteroatoms. The molecule has 0 heterocycles. The Labute approximate surface area is 132 Å². The molecule has 0 spiro atoms. The Morgan fingerprint density at radius 2 is 1.75 bits per heavy atom. The van der Waals surface area contributed by atoms with Gasteiger partial charge < -0.3 is 10.1 Å². The van der Waals surface area contributed by atoms with E-state index in [0.717, 1.165) is 31.4 Å². The number of halogens is 2. The molecule has 1 unspecified atom stereocenters. The van der Waals surface area contributed by atoms with Crippen molar-refractivity contribution in [3.05, 3.63) is 27.7 Å². The largest absolute Gasteiger partial charge is 0.495 e. The van der Waals surface area contributed by atoms with Crippen molar-refractivity contribution in [2.75, 3.05) is 13.7 Å². The summed E-state index contributed by atoms with van der Waals surface area (Å²) in [4.78, 5) is 0. The predicted molar refractivity (Wildman–Crippen MR) is 88.1 cm³/mol. The van der Waals surface area contributed by atoms with Gasteiger partial charge in [0.2, 0.25) is 0 Å². The van der Waals surface area contributed by atoms with Gasteiger partial charge in [-0.1, -0.05) is 56.8 Å². The first kappa shape index (κ1) is 17.6. The van der Waals surface area contributed by atoms with Gasteiger partial charge in [-0.15, -0.1) is 0 Å². The van der Waals surface area contributed by atoms with E-state index in [1.165, 1.54) is 0 Å². The van der Waals surface area contributed by atoms with Crippen LogP contribution in [-0.2, 0) is 0 Å². The monoisotopic (exact) mass is 317 g/mol. The lowest BCUT2D eigenvalue weighted by molar-refractivity contribution is 0.341. The van der Waals surface area contributed by atoms with Crippen LogP contribution in [0.1, 0.15) is 51.6 Å². The lowest BCUT2D eigenvalue weighted by Gasteiger charge is -2.28. The third-order valence-corrected chi connectivity index (χ3v) is 4.36. The van der Waals surface area contributed by atoms with Crippen LogP contribution in [0.15, 0.2) is 12.1 Å². The van der Waals surface area contributed by atoms with Crippen molar-refractivity contribution >= 4 is 23.2 Å². The average molecular weight is 318 g/mol. The van der Waals surface area contributed by atoms with Crippen LogP contribution in [-0.4, -0.2) is 13.7 Å². The molecule has 1 atom stereocenters. The number of ether oxygens (including phenoxy) is 1. The molecule has 2 nitrogen and oxygen atoms in total. The van der Waals surface area contributed by atoms with Gasteiger partial charge in [-0.3, -0.25) is 0 Å². The van der Waals surface area contributed by atoms with Gasteiger partial charge in [0, 0.05) is 17.1 Å². The van der Waals surface area contributed by atoms with Crippen molar-refractivity contribution in [1.82, 2.24) is 5.32 Å². The van der Waals surface area contributed by atoms with E-state index in [-0.39, 0.29) is 6.04 Å². The second-order valence-corrected chi connectivity index (χ2v) is 5.83. The van der Waals surface area contributed by atoms with E-state index in [1.807, 2.05) is 12.1 Å². The van der Waals surface area contributed by atoms with Crippen LogP contribution in [0.5, 0.6) is 5.75 Å². The fourth-order valence-corrected chi connectivity index (χ4v) is 3.05. The molecule has 0 aliphatic heterocycles. The second-order valence-electron chi connectivity index (χ2n) is 5.02. The molecule has 0 aliphatic rings. The van der Waals surface area contributed by atoms with E-state index in [1.54, 1.807) is 7.11 Å². The average Bonchev–Trinajstić information content (AvgIpc) is 2.45. The highest BCUT2D eigenvalue weighted by Gasteiger charge is 2.23. The maximum absolute atomic E-state index is 6.43. The van der Waals surface area contributed by atoms with Crippen LogP contribution in [0.3, 0.4) is 0 Å². The molecule has 1 aromatic carbocycles. The zero-order valence-corrected chi connectivity index (χ0v) is 14.3. The Morgan fingerprint density at radius 1 is 1.10 bits per heavy atom. The van der Waals surface area contributed by atoms with Gasteiger partial charge in [0.15, 0.2) is 0 Å². The summed E-state index contributed by atoms with van der Waals surface area (Å²) in [6.45, 7) is 7.57. The Bertz CT molecular complexity index is 419. The Kier molecular flexibility index (Phi) is 7.71. The number of hydrogen-bond donors (Lipinski definition) is 1. The summed E-state index contributed by atoms with van der Waals surface area (Å²) >= 11 is 12.7. The highest BCUT2D eigenvalue weighted by molar-refractivity contribution is 6.34. The molecule has 0 amide bonds. The van der Waals surface area contributed by atoms with Crippen LogP contribution in [0.2, 0.25) is 10.0 Å². The molecule has 0 bridgehead atoms. The minimum atomic E-state index is 0.237. The molecule has 1 rings (SSSR count). The molecule has 1 aromatic rings. The van der Waals surface area contributed by atoms with Crippen LogP contribution >= 0.6 is 23.2 Å². The van der Waals surface area contributed by atoms with Gasteiger partial charge in [0.05, 0.1) is 12.1 Å². The van der Waals surface area contributed by atoms with E-state index < -0.39 is 0 Å². The van der Waals surface area contributed by atoms with Crippen LogP contribution < -0.4 is 10.1 Å². The topological polar surface area (TPSA) is 21.3 Å². The Morgan fingerprint density at radius 3 is 2.25 bits per heavy atom. The normalized spacial score (nSPS) is 12.8. The quantitative estimate of drug-likeness (QED) is 0.685. The van der Waals surface area contributed by atoms with E-state index in [9.17, 15) is 0 Å². The van der Waals surface area contributed by atoms with E-state index in [0.29, 0.717) is 21.7 Å². The molecule has 0 saturated heterocycles. The summed E-state index contributed by atoms with van der Waals surface area (Å²) in [5.74, 6) is 1.17. The summed E-state index contributed by atoms with van der Waals surface area (Å²) in [6.07, 6.45) is 3.31. The zero-order chi connectivity index (χ0) is 15.1. The summed E-state index contributed by atoms with van der Waals surface area (Å²) in [5, 5.41) is 4.94. The first-order chi connectivity index (χ1) is 9.58. The van der Waals surface area contributed by atoms with Crippen molar-refractivity contribution in [1.29, 1.82) is 0 Å². The molecule has 0 aliphatic carbocycles.